The average molecular weight is 349 g/mol. The van der Waals surface area contributed by atoms with E-state index in [4.69, 9.17) is 16.3 Å². The molecule has 0 aromatic heterocycles. The molecule has 1 fully saturated rings. The summed E-state index contributed by atoms with van der Waals surface area (Å²) in [5.41, 5.74) is 1.58. The number of rotatable bonds is 3. The van der Waals surface area contributed by atoms with Crippen LogP contribution in [0.3, 0.4) is 0 Å². The standard InChI is InChI=1S/C18H21ClN2O3/c1-10-6-5-9-14(10)24-17(22)15-11(2)20-18(23)21-16(15)12-7-3-4-8-13(12)19/h3-4,7-8,10,14,16H,5-6,9H2,1-2H3,(H2,20,21,23)/t10-,14+,16+/m0/s1. The Labute approximate surface area is 146 Å². The second-order valence-electron chi connectivity index (χ2n) is 6.44. The molecule has 3 atom stereocenters. The van der Waals surface area contributed by atoms with E-state index in [1.54, 1.807) is 19.1 Å². The molecular formula is C18H21ClN2O3. The normalized spacial score (nSPS) is 26.8. The Morgan fingerprint density at radius 1 is 1.29 bits per heavy atom. The molecule has 0 radical (unpaired) electrons. The lowest BCUT2D eigenvalue weighted by Gasteiger charge is -2.29. The van der Waals surface area contributed by atoms with E-state index in [0.717, 1.165) is 19.3 Å². The number of hydrogen-bond donors (Lipinski definition) is 2. The van der Waals surface area contributed by atoms with Crippen LogP contribution in [0.25, 0.3) is 0 Å². The monoisotopic (exact) mass is 348 g/mol. The van der Waals surface area contributed by atoms with Crippen LogP contribution < -0.4 is 10.6 Å². The van der Waals surface area contributed by atoms with Gasteiger partial charge in [-0.2, -0.15) is 0 Å². The highest BCUT2D eigenvalue weighted by atomic mass is 35.5. The van der Waals surface area contributed by atoms with E-state index < -0.39 is 12.0 Å². The summed E-state index contributed by atoms with van der Waals surface area (Å²) in [6.07, 6.45) is 2.96. The molecule has 128 valence electrons. The van der Waals surface area contributed by atoms with Gasteiger partial charge in [-0.1, -0.05) is 36.7 Å². The second-order valence-corrected chi connectivity index (χ2v) is 6.85. The summed E-state index contributed by atoms with van der Waals surface area (Å²) in [5, 5.41) is 5.93. The van der Waals surface area contributed by atoms with Crippen molar-refractivity contribution in [1.29, 1.82) is 0 Å². The van der Waals surface area contributed by atoms with Crippen molar-refractivity contribution in [2.45, 2.75) is 45.3 Å². The molecule has 0 spiro atoms. The molecule has 6 heteroatoms. The molecule has 0 bridgehead atoms. The summed E-state index contributed by atoms with van der Waals surface area (Å²) in [5.74, 6) is -0.0385. The van der Waals surface area contributed by atoms with Crippen molar-refractivity contribution in [3.8, 4) is 0 Å². The maximum absolute atomic E-state index is 12.8. The second kappa shape index (κ2) is 6.85. The van der Waals surface area contributed by atoms with Crippen molar-refractivity contribution in [2.75, 3.05) is 0 Å². The van der Waals surface area contributed by atoms with Crippen molar-refractivity contribution < 1.29 is 14.3 Å². The summed E-state index contributed by atoms with van der Waals surface area (Å²) in [7, 11) is 0. The fraction of sp³-hybridized carbons (Fsp3) is 0.444. The Kier molecular flexibility index (Phi) is 4.81. The van der Waals surface area contributed by atoms with Crippen LogP contribution in [0.5, 0.6) is 0 Å². The van der Waals surface area contributed by atoms with E-state index in [1.165, 1.54) is 0 Å². The van der Waals surface area contributed by atoms with E-state index in [0.29, 0.717) is 27.8 Å². The Balaban J connectivity index is 1.92. The number of ether oxygens (including phenoxy) is 1. The predicted molar refractivity (Wildman–Crippen MR) is 91.5 cm³/mol. The third kappa shape index (κ3) is 3.26. The van der Waals surface area contributed by atoms with Crippen LogP contribution in [0.4, 0.5) is 4.79 Å². The predicted octanol–water partition coefficient (Wildman–Crippen LogP) is 3.70. The van der Waals surface area contributed by atoms with E-state index in [1.807, 2.05) is 12.1 Å². The molecule has 5 nitrogen and oxygen atoms in total. The summed E-state index contributed by atoms with van der Waals surface area (Å²) in [4.78, 5) is 24.7. The largest absolute Gasteiger partial charge is 0.459 e. The first-order valence-electron chi connectivity index (χ1n) is 8.21. The number of carbonyl (C=O) groups is 2. The Morgan fingerprint density at radius 3 is 2.71 bits per heavy atom. The fourth-order valence-corrected chi connectivity index (χ4v) is 3.64. The molecule has 1 heterocycles. The van der Waals surface area contributed by atoms with Crippen molar-refractivity contribution in [1.82, 2.24) is 10.6 Å². The zero-order valence-corrected chi connectivity index (χ0v) is 14.5. The van der Waals surface area contributed by atoms with Crippen LogP contribution >= 0.6 is 11.6 Å². The van der Waals surface area contributed by atoms with E-state index >= 15 is 0 Å². The molecule has 1 aliphatic heterocycles. The number of nitrogens with one attached hydrogen (secondary N) is 2. The molecule has 1 saturated carbocycles. The smallest absolute Gasteiger partial charge is 0.338 e. The highest BCUT2D eigenvalue weighted by Crippen LogP contribution is 2.34. The average Bonchev–Trinajstić information content (AvgIpc) is 2.92. The molecule has 2 N–H and O–H groups in total. The highest BCUT2D eigenvalue weighted by Gasteiger charge is 2.36. The summed E-state index contributed by atoms with van der Waals surface area (Å²) >= 11 is 6.27. The summed E-state index contributed by atoms with van der Waals surface area (Å²) in [6, 6.07) is 6.20. The summed E-state index contributed by atoms with van der Waals surface area (Å²) < 4.78 is 5.73. The zero-order chi connectivity index (χ0) is 17.3. The van der Waals surface area contributed by atoms with Gasteiger partial charge in [-0.3, -0.25) is 0 Å². The van der Waals surface area contributed by atoms with Gasteiger partial charge in [-0.15, -0.1) is 0 Å². The van der Waals surface area contributed by atoms with Gasteiger partial charge in [0.25, 0.3) is 0 Å². The minimum absolute atomic E-state index is 0.0673. The van der Waals surface area contributed by atoms with Crippen LogP contribution in [-0.4, -0.2) is 18.1 Å². The maximum Gasteiger partial charge on any atom is 0.338 e. The fourth-order valence-electron chi connectivity index (χ4n) is 3.39. The van der Waals surface area contributed by atoms with Crippen LogP contribution in [0.15, 0.2) is 35.5 Å². The maximum atomic E-state index is 12.8. The molecule has 1 aromatic rings. The molecule has 2 aliphatic rings. The molecular weight excluding hydrogens is 328 g/mol. The molecule has 2 amide bonds. The number of esters is 1. The van der Waals surface area contributed by atoms with Crippen LogP contribution in [0, 0.1) is 5.92 Å². The van der Waals surface area contributed by atoms with E-state index in [9.17, 15) is 9.59 Å². The third-order valence-electron chi connectivity index (χ3n) is 4.75. The SMILES string of the molecule is CC1=C(C(=O)O[C@@H]2CCC[C@@H]2C)[C@@H](c2ccccc2Cl)NC(=O)N1. The Bertz CT molecular complexity index is 701. The molecule has 3 rings (SSSR count). The first kappa shape index (κ1) is 16.8. The van der Waals surface area contributed by atoms with Crippen molar-refractivity contribution in [3.05, 3.63) is 46.1 Å². The summed E-state index contributed by atoms with van der Waals surface area (Å²) in [6.45, 7) is 3.80. The quantitative estimate of drug-likeness (QED) is 0.818. The molecule has 1 aliphatic carbocycles. The number of halogens is 1. The number of hydrogen-bond acceptors (Lipinski definition) is 3. The first-order valence-corrected chi connectivity index (χ1v) is 8.59. The number of amides is 2. The van der Waals surface area contributed by atoms with Gasteiger partial charge < -0.3 is 15.4 Å². The number of allylic oxidation sites excluding steroid dienone is 1. The Hall–Kier alpha value is -2.01. The topological polar surface area (TPSA) is 67.4 Å². The molecule has 24 heavy (non-hydrogen) atoms. The number of carbonyl (C=O) groups excluding carboxylic acids is 2. The Morgan fingerprint density at radius 2 is 2.04 bits per heavy atom. The van der Waals surface area contributed by atoms with E-state index in [-0.39, 0.29) is 12.1 Å². The lowest BCUT2D eigenvalue weighted by atomic mass is 9.95. The van der Waals surface area contributed by atoms with Crippen molar-refractivity contribution in [3.63, 3.8) is 0 Å². The van der Waals surface area contributed by atoms with Crippen LogP contribution in [0.1, 0.15) is 44.7 Å². The minimum atomic E-state index is -0.614. The van der Waals surface area contributed by atoms with Gasteiger partial charge in [-0.05, 0) is 43.7 Å². The zero-order valence-electron chi connectivity index (χ0n) is 13.8. The van der Waals surface area contributed by atoms with Gasteiger partial charge in [-0.25, -0.2) is 9.59 Å². The highest BCUT2D eigenvalue weighted by molar-refractivity contribution is 6.31. The van der Waals surface area contributed by atoms with Crippen molar-refractivity contribution in [2.24, 2.45) is 5.92 Å². The van der Waals surface area contributed by atoms with Crippen molar-refractivity contribution >= 4 is 23.6 Å². The van der Waals surface area contributed by atoms with Crippen LogP contribution in [-0.2, 0) is 9.53 Å². The molecule has 1 aromatic carbocycles. The molecule has 0 unspecified atom stereocenters. The minimum Gasteiger partial charge on any atom is -0.459 e. The van der Waals surface area contributed by atoms with Crippen LogP contribution in [0.2, 0.25) is 5.02 Å². The molecule has 0 saturated heterocycles. The van der Waals surface area contributed by atoms with Gasteiger partial charge in [0.15, 0.2) is 0 Å². The van der Waals surface area contributed by atoms with E-state index in [2.05, 4.69) is 17.6 Å². The lowest BCUT2D eigenvalue weighted by Crippen LogP contribution is -2.45. The third-order valence-corrected chi connectivity index (χ3v) is 5.09. The number of urea groups is 1. The van der Waals surface area contributed by atoms with Gasteiger partial charge in [0.2, 0.25) is 0 Å². The van der Waals surface area contributed by atoms with Gasteiger partial charge in [0, 0.05) is 10.7 Å². The van der Waals surface area contributed by atoms with Gasteiger partial charge in [0.05, 0.1) is 11.6 Å². The lowest BCUT2D eigenvalue weighted by molar-refractivity contribution is -0.146. The van der Waals surface area contributed by atoms with Gasteiger partial charge >= 0.3 is 12.0 Å². The van der Waals surface area contributed by atoms with Gasteiger partial charge in [0.1, 0.15) is 6.10 Å². The number of benzene rings is 1. The first-order chi connectivity index (χ1) is 11.5.